The van der Waals surface area contributed by atoms with Crippen LogP contribution >= 0.6 is 0 Å². The maximum absolute atomic E-state index is 5.85. The lowest BCUT2D eigenvalue weighted by atomic mass is 10.1. The molecular weight excluding hydrogens is 246 g/mol. The summed E-state index contributed by atoms with van der Waals surface area (Å²) in [6.45, 7) is 11.2. The summed E-state index contributed by atoms with van der Waals surface area (Å²) in [4.78, 5) is 5.09. The van der Waals surface area contributed by atoms with Crippen molar-refractivity contribution in [2.24, 2.45) is 5.73 Å². The van der Waals surface area contributed by atoms with Crippen LogP contribution in [0.1, 0.15) is 32.8 Å². The fraction of sp³-hybridized carbons (Fsp3) is 0.647. The summed E-state index contributed by atoms with van der Waals surface area (Å²) < 4.78 is 0. The van der Waals surface area contributed by atoms with Crippen LogP contribution in [-0.2, 0) is 6.42 Å². The maximum atomic E-state index is 5.85. The van der Waals surface area contributed by atoms with Crippen molar-refractivity contribution in [1.82, 2.24) is 4.90 Å². The fourth-order valence-electron chi connectivity index (χ4n) is 3.23. The maximum Gasteiger partial charge on any atom is 0.0366 e. The zero-order chi connectivity index (χ0) is 14.5. The number of anilines is 1. The van der Waals surface area contributed by atoms with Crippen LogP contribution in [0.4, 0.5) is 5.69 Å². The largest absolute Gasteiger partial charge is 0.370 e. The van der Waals surface area contributed by atoms with E-state index in [1.54, 1.807) is 0 Å². The van der Waals surface area contributed by atoms with Crippen LogP contribution in [0.25, 0.3) is 0 Å². The summed E-state index contributed by atoms with van der Waals surface area (Å²) in [5.74, 6) is 0. The number of hydrogen-bond donors (Lipinski definition) is 1. The van der Waals surface area contributed by atoms with E-state index in [1.165, 1.54) is 24.2 Å². The van der Waals surface area contributed by atoms with Crippen molar-refractivity contribution in [3.63, 3.8) is 0 Å². The van der Waals surface area contributed by atoms with Crippen LogP contribution in [0.15, 0.2) is 24.3 Å². The van der Waals surface area contributed by atoms with Gasteiger partial charge in [-0.25, -0.2) is 0 Å². The molecule has 1 aromatic rings. The van der Waals surface area contributed by atoms with Gasteiger partial charge in [-0.3, -0.25) is 4.90 Å². The van der Waals surface area contributed by atoms with Gasteiger partial charge in [0.1, 0.15) is 0 Å². The van der Waals surface area contributed by atoms with Gasteiger partial charge < -0.3 is 10.6 Å². The summed E-state index contributed by atoms with van der Waals surface area (Å²) in [5.41, 5.74) is 8.54. The summed E-state index contributed by atoms with van der Waals surface area (Å²) in [7, 11) is 0. The molecular formula is C17H29N3. The van der Waals surface area contributed by atoms with Gasteiger partial charge in [0.25, 0.3) is 0 Å². The molecule has 0 aliphatic carbocycles. The minimum absolute atomic E-state index is 0.236. The Morgan fingerprint density at radius 3 is 2.45 bits per heavy atom. The Kier molecular flexibility index (Phi) is 5.44. The number of benzene rings is 1. The third kappa shape index (κ3) is 3.74. The monoisotopic (exact) mass is 275 g/mol. The van der Waals surface area contributed by atoms with Crippen molar-refractivity contribution in [2.45, 2.75) is 45.7 Å². The first kappa shape index (κ1) is 15.3. The van der Waals surface area contributed by atoms with Crippen molar-refractivity contribution in [3.8, 4) is 0 Å². The van der Waals surface area contributed by atoms with Crippen LogP contribution in [0.2, 0.25) is 0 Å². The predicted octanol–water partition coefficient (Wildman–Crippen LogP) is 2.50. The van der Waals surface area contributed by atoms with Gasteiger partial charge in [0, 0.05) is 30.9 Å². The van der Waals surface area contributed by atoms with Crippen LogP contribution < -0.4 is 10.6 Å². The molecule has 2 rings (SSSR count). The van der Waals surface area contributed by atoms with E-state index in [2.05, 4.69) is 54.8 Å². The highest BCUT2D eigenvalue weighted by atomic mass is 15.2. The Morgan fingerprint density at radius 1 is 1.25 bits per heavy atom. The second-order valence-corrected chi connectivity index (χ2v) is 5.96. The van der Waals surface area contributed by atoms with E-state index in [-0.39, 0.29) is 6.04 Å². The second-order valence-electron chi connectivity index (χ2n) is 5.96. The van der Waals surface area contributed by atoms with Crippen molar-refractivity contribution in [3.05, 3.63) is 29.8 Å². The van der Waals surface area contributed by atoms with Crippen LogP contribution in [0.5, 0.6) is 0 Å². The fourth-order valence-corrected chi connectivity index (χ4v) is 3.23. The second kappa shape index (κ2) is 7.09. The van der Waals surface area contributed by atoms with E-state index in [4.69, 9.17) is 5.73 Å². The first-order valence-corrected chi connectivity index (χ1v) is 7.97. The van der Waals surface area contributed by atoms with Gasteiger partial charge in [-0.05, 0) is 50.6 Å². The summed E-state index contributed by atoms with van der Waals surface area (Å²) >= 11 is 0. The van der Waals surface area contributed by atoms with E-state index in [1.807, 2.05) is 0 Å². The molecule has 1 aliphatic rings. The minimum atomic E-state index is 0.236. The molecule has 1 fully saturated rings. The van der Waals surface area contributed by atoms with Gasteiger partial charge in [-0.15, -0.1) is 0 Å². The molecule has 0 amide bonds. The van der Waals surface area contributed by atoms with E-state index in [9.17, 15) is 0 Å². The third-order valence-corrected chi connectivity index (χ3v) is 4.35. The number of likely N-dealkylation sites (N-methyl/N-ethyl adjacent to an activating group) is 1. The molecule has 2 N–H and O–H groups in total. The molecule has 0 bridgehead atoms. The van der Waals surface area contributed by atoms with E-state index >= 15 is 0 Å². The molecule has 1 heterocycles. The molecule has 1 aliphatic heterocycles. The van der Waals surface area contributed by atoms with Gasteiger partial charge in [-0.1, -0.05) is 26.0 Å². The molecule has 2 atom stereocenters. The highest BCUT2D eigenvalue weighted by Crippen LogP contribution is 2.23. The highest BCUT2D eigenvalue weighted by Gasteiger charge is 2.26. The van der Waals surface area contributed by atoms with Crippen LogP contribution in [0.3, 0.4) is 0 Å². The number of rotatable bonds is 6. The summed E-state index contributed by atoms with van der Waals surface area (Å²) in [5, 5.41) is 0. The number of nitrogens with two attached hydrogens (primary N) is 1. The third-order valence-electron chi connectivity index (χ3n) is 4.35. The lowest BCUT2D eigenvalue weighted by Crippen LogP contribution is -2.37. The molecule has 0 aromatic heterocycles. The molecule has 0 radical (unpaired) electrons. The van der Waals surface area contributed by atoms with E-state index in [0.717, 1.165) is 26.1 Å². The Labute approximate surface area is 123 Å². The zero-order valence-electron chi connectivity index (χ0n) is 13.2. The topological polar surface area (TPSA) is 32.5 Å². The number of nitrogens with zero attached hydrogens (tertiary/aromatic N) is 2. The van der Waals surface area contributed by atoms with Crippen molar-refractivity contribution < 1.29 is 0 Å². The smallest absolute Gasteiger partial charge is 0.0366 e. The lowest BCUT2D eigenvalue weighted by molar-refractivity contribution is 0.232. The molecule has 3 nitrogen and oxygen atoms in total. The van der Waals surface area contributed by atoms with Crippen molar-refractivity contribution in [2.75, 3.05) is 31.1 Å². The van der Waals surface area contributed by atoms with E-state index < -0.39 is 0 Å². The van der Waals surface area contributed by atoms with Crippen molar-refractivity contribution >= 4 is 5.69 Å². The standard InChI is InChI=1S/C17H29N3/c1-4-19(5-2)17-10-11-20(13-17)16-8-6-15(7-9-16)12-14(3)18/h6-9,14,17H,4-5,10-13,18H2,1-3H3. The molecule has 0 spiro atoms. The van der Waals surface area contributed by atoms with E-state index in [0.29, 0.717) is 6.04 Å². The zero-order valence-corrected chi connectivity index (χ0v) is 13.2. The molecule has 1 saturated heterocycles. The molecule has 0 saturated carbocycles. The van der Waals surface area contributed by atoms with Crippen molar-refractivity contribution in [1.29, 1.82) is 0 Å². The normalized spacial score (nSPS) is 20.6. The average molecular weight is 275 g/mol. The molecule has 20 heavy (non-hydrogen) atoms. The predicted molar refractivity (Wildman–Crippen MR) is 87.3 cm³/mol. The van der Waals surface area contributed by atoms with Crippen LogP contribution in [0, 0.1) is 0 Å². The van der Waals surface area contributed by atoms with Crippen LogP contribution in [-0.4, -0.2) is 43.2 Å². The SMILES string of the molecule is CCN(CC)C1CCN(c2ccc(CC(C)N)cc2)C1. The Hall–Kier alpha value is -1.06. The Bertz CT molecular complexity index is 395. The summed E-state index contributed by atoms with van der Waals surface area (Å²) in [6, 6.07) is 9.91. The Balaban J connectivity index is 1.96. The summed E-state index contributed by atoms with van der Waals surface area (Å²) in [6.07, 6.45) is 2.24. The minimum Gasteiger partial charge on any atom is -0.370 e. The average Bonchev–Trinajstić information content (AvgIpc) is 2.90. The van der Waals surface area contributed by atoms with Gasteiger partial charge in [-0.2, -0.15) is 0 Å². The Morgan fingerprint density at radius 2 is 1.90 bits per heavy atom. The first-order valence-electron chi connectivity index (χ1n) is 7.97. The molecule has 3 heteroatoms. The quantitative estimate of drug-likeness (QED) is 0.866. The van der Waals surface area contributed by atoms with Gasteiger partial charge in [0.05, 0.1) is 0 Å². The lowest BCUT2D eigenvalue weighted by Gasteiger charge is -2.26. The van der Waals surface area contributed by atoms with Gasteiger partial charge in [0.15, 0.2) is 0 Å². The molecule has 112 valence electrons. The number of hydrogen-bond acceptors (Lipinski definition) is 3. The molecule has 1 aromatic carbocycles. The van der Waals surface area contributed by atoms with Gasteiger partial charge >= 0.3 is 0 Å². The molecule has 2 unspecified atom stereocenters. The highest BCUT2D eigenvalue weighted by molar-refractivity contribution is 5.49. The first-order chi connectivity index (χ1) is 9.63. The van der Waals surface area contributed by atoms with Gasteiger partial charge in [0.2, 0.25) is 0 Å².